The van der Waals surface area contributed by atoms with Gasteiger partial charge in [-0.3, -0.25) is 9.59 Å². The minimum Gasteiger partial charge on any atom is -0.478 e. The lowest BCUT2D eigenvalue weighted by Gasteiger charge is -2.29. The van der Waals surface area contributed by atoms with Crippen LogP contribution in [-0.4, -0.2) is 22.9 Å². The fraction of sp³-hybridized carbons (Fsp3) is 0.125. The molecule has 5 heteroatoms. The number of aryl methyl sites for hydroxylation is 1. The van der Waals surface area contributed by atoms with Crippen LogP contribution in [0.2, 0.25) is 0 Å². The minimum atomic E-state index is -1.20. The lowest BCUT2D eigenvalue weighted by molar-refractivity contribution is -0.122. The molecule has 0 atom stereocenters. The van der Waals surface area contributed by atoms with Crippen LogP contribution in [0.15, 0.2) is 78.9 Å². The predicted molar refractivity (Wildman–Crippen MR) is 109 cm³/mol. The molecule has 1 saturated heterocycles. The van der Waals surface area contributed by atoms with Gasteiger partial charge in [-0.2, -0.15) is 0 Å². The summed E-state index contributed by atoms with van der Waals surface area (Å²) < 4.78 is 0. The van der Waals surface area contributed by atoms with Crippen molar-refractivity contribution in [3.63, 3.8) is 0 Å². The highest BCUT2D eigenvalue weighted by atomic mass is 16.4. The molecule has 1 heterocycles. The maximum absolute atomic E-state index is 13.9. The van der Waals surface area contributed by atoms with Crippen LogP contribution in [0.25, 0.3) is 0 Å². The van der Waals surface area contributed by atoms with Crippen molar-refractivity contribution >= 4 is 23.5 Å². The number of carbonyl (C=O) groups is 3. The number of hydrogen-bond donors (Lipinski definition) is 1. The molecule has 3 aromatic carbocycles. The molecule has 0 aliphatic carbocycles. The van der Waals surface area contributed by atoms with Crippen molar-refractivity contribution in [2.24, 2.45) is 0 Å². The van der Waals surface area contributed by atoms with Gasteiger partial charge in [-0.15, -0.1) is 0 Å². The Hall–Kier alpha value is -3.73. The summed E-state index contributed by atoms with van der Waals surface area (Å²) in [6, 6.07) is 23.1. The van der Waals surface area contributed by atoms with Crippen molar-refractivity contribution in [2.75, 3.05) is 4.90 Å². The number of benzene rings is 3. The SMILES string of the molecule is Cc1cccc(C(=O)O)c1N1C(=O)CC(c2ccccc2)(c2ccccc2)C1=O. The van der Waals surface area contributed by atoms with Crippen LogP contribution in [0, 0.1) is 6.92 Å². The van der Waals surface area contributed by atoms with Crippen LogP contribution in [0.1, 0.15) is 33.5 Å². The lowest BCUT2D eigenvalue weighted by atomic mass is 9.73. The van der Waals surface area contributed by atoms with Gasteiger partial charge < -0.3 is 5.11 Å². The van der Waals surface area contributed by atoms with Gasteiger partial charge in [-0.1, -0.05) is 72.8 Å². The van der Waals surface area contributed by atoms with Crippen molar-refractivity contribution in [3.05, 3.63) is 101 Å². The van der Waals surface area contributed by atoms with E-state index in [1.165, 1.54) is 6.07 Å². The third-order valence-electron chi connectivity index (χ3n) is 5.46. The topological polar surface area (TPSA) is 74.7 Å². The molecular weight excluding hydrogens is 366 g/mol. The molecule has 2 amide bonds. The molecule has 1 aliphatic heterocycles. The molecule has 4 rings (SSSR count). The number of anilines is 1. The number of hydrogen-bond acceptors (Lipinski definition) is 3. The Balaban J connectivity index is 1.96. The summed E-state index contributed by atoms with van der Waals surface area (Å²) in [5.41, 5.74) is 0.850. The highest BCUT2D eigenvalue weighted by Gasteiger charge is 2.55. The fourth-order valence-corrected chi connectivity index (χ4v) is 4.10. The average Bonchev–Trinajstić information content (AvgIpc) is 3.00. The summed E-state index contributed by atoms with van der Waals surface area (Å²) in [5, 5.41) is 9.64. The quantitative estimate of drug-likeness (QED) is 0.690. The number of carboxylic acid groups (broad SMARTS) is 1. The van der Waals surface area contributed by atoms with Crippen molar-refractivity contribution < 1.29 is 19.5 Å². The average molecular weight is 385 g/mol. The van der Waals surface area contributed by atoms with E-state index in [0.29, 0.717) is 16.7 Å². The summed E-state index contributed by atoms with van der Waals surface area (Å²) in [6.45, 7) is 1.70. The van der Waals surface area contributed by atoms with Crippen LogP contribution in [0.4, 0.5) is 5.69 Å². The van der Waals surface area contributed by atoms with E-state index in [0.717, 1.165) is 4.90 Å². The third kappa shape index (κ3) is 2.83. The van der Waals surface area contributed by atoms with Crippen LogP contribution >= 0.6 is 0 Å². The first-order valence-electron chi connectivity index (χ1n) is 9.28. The van der Waals surface area contributed by atoms with E-state index in [1.807, 2.05) is 60.7 Å². The zero-order valence-electron chi connectivity index (χ0n) is 15.8. The van der Waals surface area contributed by atoms with Crippen LogP contribution < -0.4 is 4.90 Å². The second-order valence-corrected chi connectivity index (χ2v) is 7.12. The molecule has 1 N–H and O–H groups in total. The first-order valence-corrected chi connectivity index (χ1v) is 9.28. The monoisotopic (exact) mass is 385 g/mol. The lowest BCUT2D eigenvalue weighted by Crippen LogP contribution is -2.40. The smallest absolute Gasteiger partial charge is 0.337 e. The van der Waals surface area contributed by atoms with Gasteiger partial charge in [0, 0.05) is 0 Å². The Bertz CT molecular complexity index is 1070. The van der Waals surface area contributed by atoms with Gasteiger partial charge in [-0.05, 0) is 29.7 Å². The fourth-order valence-electron chi connectivity index (χ4n) is 4.10. The summed E-state index contributed by atoms with van der Waals surface area (Å²) in [5.74, 6) is -2.03. The van der Waals surface area contributed by atoms with Gasteiger partial charge in [0.2, 0.25) is 11.8 Å². The Morgan fingerprint density at radius 1 is 0.862 bits per heavy atom. The van der Waals surface area contributed by atoms with Gasteiger partial charge in [0.25, 0.3) is 0 Å². The van der Waals surface area contributed by atoms with Gasteiger partial charge in [0.1, 0.15) is 5.41 Å². The van der Waals surface area contributed by atoms with Gasteiger partial charge >= 0.3 is 5.97 Å². The number of carbonyl (C=O) groups excluding carboxylic acids is 2. The predicted octanol–water partition coefficient (Wildman–Crippen LogP) is 3.94. The van der Waals surface area contributed by atoms with Crippen molar-refractivity contribution in [1.29, 1.82) is 0 Å². The number of imide groups is 1. The molecule has 29 heavy (non-hydrogen) atoms. The first-order chi connectivity index (χ1) is 14.0. The van der Waals surface area contributed by atoms with E-state index in [-0.39, 0.29) is 17.7 Å². The summed E-state index contributed by atoms with van der Waals surface area (Å²) in [7, 11) is 0. The van der Waals surface area contributed by atoms with Crippen LogP contribution in [0.3, 0.4) is 0 Å². The van der Waals surface area contributed by atoms with Gasteiger partial charge in [0.05, 0.1) is 17.7 Å². The largest absolute Gasteiger partial charge is 0.478 e. The molecule has 5 nitrogen and oxygen atoms in total. The molecule has 144 valence electrons. The van der Waals surface area contributed by atoms with E-state index in [4.69, 9.17) is 0 Å². The molecule has 3 aromatic rings. The van der Waals surface area contributed by atoms with Crippen LogP contribution in [0.5, 0.6) is 0 Å². The number of para-hydroxylation sites is 1. The summed E-state index contributed by atoms with van der Waals surface area (Å²) in [4.78, 5) is 39.9. The molecule has 1 fully saturated rings. The summed E-state index contributed by atoms with van der Waals surface area (Å²) >= 11 is 0. The molecule has 1 aliphatic rings. The highest BCUT2D eigenvalue weighted by molar-refractivity contribution is 6.27. The summed E-state index contributed by atoms with van der Waals surface area (Å²) in [6.07, 6.45) is -0.0622. The zero-order chi connectivity index (χ0) is 20.6. The second-order valence-electron chi connectivity index (χ2n) is 7.12. The van der Waals surface area contributed by atoms with E-state index >= 15 is 0 Å². The number of carboxylic acids is 1. The van der Waals surface area contributed by atoms with Gasteiger partial charge in [0.15, 0.2) is 0 Å². The van der Waals surface area contributed by atoms with E-state index < -0.39 is 23.2 Å². The van der Waals surface area contributed by atoms with Crippen molar-refractivity contribution in [3.8, 4) is 0 Å². The van der Waals surface area contributed by atoms with Crippen molar-refractivity contribution in [2.45, 2.75) is 18.8 Å². The van der Waals surface area contributed by atoms with Crippen LogP contribution in [-0.2, 0) is 15.0 Å². The van der Waals surface area contributed by atoms with Gasteiger partial charge in [-0.25, -0.2) is 9.69 Å². The first kappa shape index (κ1) is 18.6. The molecule has 0 saturated carbocycles. The number of aromatic carboxylic acids is 1. The standard InChI is InChI=1S/C24H19NO4/c1-16-9-8-14-19(22(27)28)21(16)25-20(26)15-24(23(25)29,17-10-4-2-5-11-17)18-12-6-3-7-13-18/h2-14H,15H2,1H3,(H,27,28). The molecule has 0 spiro atoms. The molecule has 0 aromatic heterocycles. The Morgan fingerprint density at radius 3 is 1.93 bits per heavy atom. The Morgan fingerprint density at radius 2 is 1.41 bits per heavy atom. The van der Waals surface area contributed by atoms with Crippen molar-refractivity contribution in [1.82, 2.24) is 0 Å². The van der Waals surface area contributed by atoms with E-state index in [1.54, 1.807) is 19.1 Å². The zero-order valence-corrected chi connectivity index (χ0v) is 15.8. The Kier molecular flexibility index (Phi) is 4.51. The minimum absolute atomic E-state index is 0.0622. The van der Waals surface area contributed by atoms with E-state index in [9.17, 15) is 19.5 Å². The number of amides is 2. The molecular formula is C24H19NO4. The maximum Gasteiger partial charge on any atom is 0.337 e. The molecule has 0 radical (unpaired) electrons. The third-order valence-corrected chi connectivity index (χ3v) is 5.46. The van der Waals surface area contributed by atoms with E-state index in [2.05, 4.69) is 0 Å². The maximum atomic E-state index is 13.9. The molecule has 0 bridgehead atoms. The number of nitrogens with zero attached hydrogens (tertiary/aromatic N) is 1. The normalized spacial score (nSPS) is 15.6. The highest BCUT2D eigenvalue weighted by Crippen LogP contribution is 2.45. The second kappa shape index (κ2) is 7.02. The molecule has 0 unspecified atom stereocenters. The number of rotatable bonds is 4. The Labute approximate surface area is 168 Å².